The molecule has 0 amide bonds. The second-order valence-electron chi connectivity index (χ2n) is 9.97. The average molecular weight is 535 g/mol. The van der Waals surface area contributed by atoms with E-state index in [4.69, 9.17) is 10.5 Å². The van der Waals surface area contributed by atoms with E-state index in [9.17, 15) is 18.3 Å². The van der Waals surface area contributed by atoms with Crippen LogP contribution in [0.2, 0.25) is 0 Å². The van der Waals surface area contributed by atoms with Crippen molar-refractivity contribution in [1.29, 1.82) is 0 Å². The van der Waals surface area contributed by atoms with E-state index in [-0.39, 0.29) is 30.7 Å². The van der Waals surface area contributed by atoms with Gasteiger partial charge in [0, 0.05) is 61.2 Å². The topological polar surface area (TPSA) is 83.6 Å². The number of methoxy groups -OCH3 is 1. The summed E-state index contributed by atoms with van der Waals surface area (Å²) in [7, 11) is 1.56. The molecule has 2 aromatic carbocycles. The molecule has 0 saturated carbocycles. The van der Waals surface area contributed by atoms with Crippen LogP contribution in [0.4, 0.5) is 23.2 Å². The standard InChI is InChI=1S/C28H34F4N4O2/c1-38-20-2-3-25-21(14-20)26(18(15-33)16-35-25)22(29)4-5-28(17-37)6-9-36(10-7-28)11-8-34-19-12-23(30)27(32)24(31)13-19/h2-3,12-14,16,22,34,37H,4-11,15,17,33H2,1H3/t22-/m1/s1. The maximum Gasteiger partial charge on any atom is 0.194 e. The van der Waals surface area contributed by atoms with Gasteiger partial charge in [0.2, 0.25) is 0 Å². The number of rotatable bonds is 11. The van der Waals surface area contributed by atoms with E-state index < -0.39 is 23.6 Å². The summed E-state index contributed by atoms with van der Waals surface area (Å²) in [6, 6.07) is 7.22. The molecular weight excluding hydrogens is 500 g/mol. The highest BCUT2D eigenvalue weighted by molar-refractivity contribution is 5.85. The minimum atomic E-state index is -1.49. The third kappa shape index (κ3) is 6.19. The van der Waals surface area contributed by atoms with E-state index in [0.29, 0.717) is 73.2 Å². The van der Waals surface area contributed by atoms with Crippen molar-refractivity contribution in [2.45, 2.75) is 38.4 Å². The molecule has 3 aromatic rings. The first-order chi connectivity index (χ1) is 18.3. The van der Waals surface area contributed by atoms with Gasteiger partial charge in [-0.25, -0.2) is 17.6 Å². The monoisotopic (exact) mass is 534 g/mol. The van der Waals surface area contributed by atoms with Gasteiger partial charge in [-0.2, -0.15) is 0 Å². The Kier molecular flexibility index (Phi) is 9.07. The summed E-state index contributed by atoms with van der Waals surface area (Å²) in [4.78, 5) is 6.59. The van der Waals surface area contributed by atoms with E-state index in [1.807, 2.05) is 0 Å². The van der Waals surface area contributed by atoms with Gasteiger partial charge in [0.1, 0.15) is 11.9 Å². The largest absolute Gasteiger partial charge is 0.497 e. The molecule has 6 nitrogen and oxygen atoms in total. The molecule has 0 spiro atoms. The molecule has 0 radical (unpaired) electrons. The molecule has 1 atom stereocenters. The van der Waals surface area contributed by atoms with Crippen LogP contribution in [-0.4, -0.2) is 54.9 Å². The fourth-order valence-electron chi connectivity index (χ4n) is 5.22. The Labute approximate surface area is 219 Å². The predicted octanol–water partition coefficient (Wildman–Crippen LogP) is 5.10. The number of aromatic nitrogens is 1. The third-order valence-electron chi connectivity index (χ3n) is 7.65. The molecule has 1 fully saturated rings. The van der Waals surface area contributed by atoms with Crippen LogP contribution in [0, 0.1) is 22.9 Å². The number of likely N-dealkylation sites (tertiary alicyclic amines) is 1. The van der Waals surface area contributed by atoms with Crippen molar-refractivity contribution in [2.24, 2.45) is 11.1 Å². The lowest BCUT2D eigenvalue weighted by Crippen LogP contribution is -2.43. The first kappa shape index (κ1) is 28.1. The molecule has 0 aliphatic carbocycles. The first-order valence-electron chi connectivity index (χ1n) is 12.8. The zero-order chi connectivity index (χ0) is 27.3. The fraction of sp³-hybridized carbons (Fsp3) is 0.464. The number of ether oxygens (including phenoxy) is 1. The molecule has 0 bridgehead atoms. The number of nitrogens with two attached hydrogens (primary N) is 1. The van der Waals surface area contributed by atoms with Crippen LogP contribution in [0.3, 0.4) is 0 Å². The van der Waals surface area contributed by atoms with Gasteiger partial charge >= 0.3 is 0 Å². The van der Waals surface area contributed by atoms with Crippen LogP contribution in [0.5, 0.6) is 5.75 Å². The van der Waals surface area contributed by atoms with Gasteiger partial charge in [0.25, 0.3) is 0 Å². The molecule has 4 N–H and O–H groups in total. The number of halogens is 4. The number of benzene rings is 2. The zero-order valence-corrected chi connectivity index (χ0v) is 21.5. The smallest absolute Gasteiger partial charge is 0.194 e. The molecule has 1 aliphatic rings. The van der Waals surface area contributed by atoms with Gasteiger partial charge in [0.05, 0.1) is 12.6 Å². The highest BCUT2D eigenvalue weighted by atomic mass is 19.2. The van der Waals surface area contributed by atoms with E-state index in [1.54, 1.807) is 31.5 Å². The number of anilines is 1. The Morgan fingerprint density at radius 2 is 1.87 bits per heavy atom. The third-order valence-corrected chi connectivity index (χ3v) is 7.65. The summed E-state index contributed by atoms with van der Waals surface area (Å²) in [6.45, 7) is 2.57. The van der Waals surface area contributed by atoms with Crippen molar-refractivity contribution < 1.29 is 27.4 Å². The number of piperidine rings is 1. The molecule has 38 heavy (non-hydrogen) atoms. The molecule has 206 valence electrons. The number of hydrogen-bond acceptors (Lipinski definition) is 6. The fourth-order valence-corrected chi connectivity index (χ4v) is 5.22. The molecule has 10 heteroatoms. The lowest BCUT2D eigenvalue weighted by molar-refractivity contribution is 0.0315. The van der Waals surface area contributed by atoms with E-state index in [1.165, 1.54) is 0 Å². The van der Waals surface area contributed by atoms with Crippen LogP contribution in [0.1, 0.15) is 43.0 Å². The van der Waals surface area contributed by atoms with E-state index >= 15 is 4.39 Å². The maximum absolute atomic E-state index is 15.8. The summed E-state index contributed by atoms with van der Waals surface area (Å²) in [5, 5.41) is 13.8. The van der Waals surface area contributed by atoms with Crippen LogP contribution in [-0.2, 0) is 6.54 Å². The molecule has 2 heterocycles. The number of nitrogens with zero attached hydrogens (tertiary/aromatic N) is 2. The molecule has 4 rings (SSSR count). The average Bonchev–Trinajstić information content (AvgIpc) is 2.94. The molecule has 1 saturated heterocycles. The van der Waals surface area contributed by atoms with Gasteiger partial charge in [-0.05, 0) is 68.0 Å². The van der Waals surface area contributed by atoms with E-state index in [2.05, 4.69) is 15.2 Å². The zero-order valence-electron chi connectivity index (χ0n) is 21.5. The summed E-state index contributed by atoms with van der Waals surface area (Å²) in [5.74, 6) is -3.34. The summed E-state index contributed by atoms with van der Waals surface area (Å²) >= 11 is 0. The summed E-state index contributed by atoms with van der Waals surface area (Å²) in [6.07, 6.45) is 2.51. The SMILES string of the molecule is COc1ccc2ncc(CN)c([C@H](F)CCC3(CO)CCN(CCNc4cc(F)c(F)c(F)c4)CC3)c2c1. The second kappa shape index (κ2) is 12.3. The number of pyridine rings is 1. The van der Waals surface area contributed by atoms with Gasteiger partial charge < -0.3 is 25.8 Å². The molecule has 1 aromatic heterocycles. The number of fused-ring (bicyclic) bond motifs is 1. The highest BCUT2D eigenvalue weighted by Gasteiger charge is 2.35. The minimum Gasteiger partial charge on any atom is -0.497 e. The Bertz CT molecular complexity index is 1220. The van der Waals surface area contributed by atoms with Crippen molar-refractivity contribution in [3.05, 3.63) is 65.1 Å². The summed E-state index contributed by atoms with van der Waals surface area (Å²) < 4.78 is 61.1. The number of nitrogens with one attached hydrogen (secondary N) is 1. The minimum absolute atomic E-state index is 0.0331. The Balaban J connectivity index is 1.34. The molecule has 0 unspecified atom stereocenters. The lowest BCUT2D eigenvalue weighted by atomic mass is 9.74. The summed E-state index contributed by atoms with van der Waals surface area (Å²) in [5.41, 5.74) is 7.55. The first-order valence-corrected chi connectivity index (χ1v) is 12.8. The van der Waals surface area contributed by atoms with Gasteiger partial charge in [0.15, 0.2) is 17.5 Å². The lowest BCUT2D eigenvalue weighted by Gasteiger charge is -2.41. The van der Waals surface area contributed by atoms with Crippen molar-refractivity contribution in [1.82, 2.24) is 9.88 Å². The molecule has 1 aliphatic heterocycles. The van der Waals surface area contributed by atoms with Crippen LogP contribution in [0.15, 0.2) is 36.5 Å². The van der Waals surface area contributed by atoms with Gasteiger partial charge in [-0.3, -0.25) is 4.98 Å². The number of aliphatic hydroxyl groups excluding tert-OH is 1. The van der Waals surface area contributed by atoms with Crippen LogP contribution in [0.25, 0.3) is 10.9 Å². The van der Waals surface area contributed by atoms with E-state index in [0.717, 1.165) is 12.1 Å². The maximum atomic E-state index is 15.8. The van der Waals surface area contributed by atoms with Crippen molar-refractivity contribution >= 4 is 16.6 Å². The van der Waals surface area contributed by atoms with Crippen molar-refractivity contribution in [3.8, 4) is 5.75 Å². The number of aliphatic hydroxyl groups is 1. The Morgan fingerprint density at radius 1 is 1.16 bits per heavy atom. The van der Waals surface area contributed by atoms with Crippen LogP contribution < -0.4 is 15.8 Å². The normalized spacial score (nSPS) is 16.5. The second-order valence-corrected chi connectivity index (χ2v) is 9.97. The number of hydrogen-bond donors (Lipinski definition) is 3. The predicted molar refractivity (Wildman–Crippen MR) is 139 cm³/mol. The molecular formula is C28H34F4N4O2. The van der Waals surface area contributed by atoms with Crippen LogP contribution >= 0.6 is 0 Å². The van der Waals surface area contributed by atoms with Gasteiger partial charge in [-0.1, -0.05) is 0 Å². The number of alkyl halides is 1. The Hall–Kier alpha value is -2.95. The quantitative estimate of drug-likeness (QED) is 0.235. The van der Waals surface area contributed by atoms with Crippen molar-refractivity contribution in [3.63, 3.8) is 0 Å². The highest BCUT2D eigenvalue weighted by Crippen LogP contribution is 2.41. The Morgan fingerprint density at radius 3 is 2.50 bits per heavy atom. The van der Waals surface area contributed by atoms with Crippen molar-refractivity contribution in [2.75, 3.05) is 45.2 Å². The van der Waals surface area contributed by atoms with Gasteiger partial charge in [-0.15, -0.1) is 0 Å².